The van der Waals surface area contributed by atoms with Crippen LogP contribution in [0.15, 0.2) is 84.9 Å². The lowest BCUT2D eigenvalue weighted by molar-refractivity contribution is 0.0233. The Balaban J connectivity index is 1.74. The third-order valence-corrected chi connectivity index (χ3v) is 5.33. The smallest absolute Gasteiger partial charge is 0.0906 e. The van der Waals surface area contributed by atoms with E-state index in [1.165, 1.54) is 16.7 Å². The molecule has 0 saturated heterocycles. The first-order chi connectivity index (χ1) is 13.1. The zero-order valence-electron chi connectivity index (χ0n) is 16.2. The SMILES string of the molecule is CCC(O)(CCNC(c1ccccc1)c1ccccc1)c1ccc(C)cc1. The largest absolute Gasteiger partial charge is 0.385 e. The lowest BCUT2D eigenvalue weighted by Crippen LogP contribution is -2.32. The van der Waals surface area contributed by atoms with Crippen LogP contribution in [0.2, 0.25) is 0 Å². The third kappa shape index (κ3) is 4.85. The fourth-order valence-corrected chi connectivity index (χ4v) is 3.53. The standard InChI is InChI=1S/C25H29NO/c1-3-25(27,23-16-14-20(2)15-17-23)18-19-26-24(21-10-6-4-7-11-21)22-12-8-5-9-13-22/h4-17,24,26-27H,3,18-19H2,1-2H3. The minimum Gasteiger partial charge on any atom is -0.385 e. The molecule has 2 heteroatoms. The molecule has 2 N–H and O–H groups in total. The molecule has 27 heavy (non-hydrogen) atoms. The second-order valence-electron chi connectivity index (χ2n) is 7.21. The Bertz CT molecular complexity index is 774. The van der Waals surface area contributed by atoms with E-state index in [0.717, 1.165) is 12.1 Å². The Morgan fingerprint density at radius 3 is 1.81 bits per heavy atom. The van der Waals surface area contributed by atoms with Crippen molar-refractivity contribution in [3.63, 3.8) is 0 Å². The van der Waals surface area contributed by atoms with Gasteiger partial charge in [0, 0.05) is 0 Å². The van der Waals surface area contributed by atoms with Gasteiger partial charge in [-0.25, -0.2) is 0 Å². The normalized spacial score (nSPS) is 13.5. The van der Waals surface area contributed by atoms with E-state index >= 15 is 0 Å². The average Bonchev–Trinajstić information content (AvgIpc) is 2.73. The molecule has 0 radical (unpaired) electrons. The number of nitrogens with one attached hydrogen (secondary N) is 1. The van der Waals surface area contributed by atoms with Gasteiger partial charge >= 0.3 is 0 Å². The second-order valence-corrected chi connectivity index (χ2v) is 7.21. The minimum atomic E-state index is -0.807. The van der Waals surface area contributed by atoms with E-state index in [1.54, 1.807) is 0 Å². The molecule has 1 atom stereocenters. The molecule has 3 rings (SSSR count). The highest BCUT2D eigenvalue weighted by Gasteiger charge is 2.27. The number of aryl methyl sites for hydroxylation is 1. The molecular formula is C25H29NO. The van der Waals surface area contributed by atoms with E-state index in [0.29, 0.717) is 12.8 Å². The van der Waals surface area contributed by atoms with Crippen molar-refractivity contribution in [3.05, 3.63) is 107 Å². The zero-order valence-corrected chi connectivity index (χ0v) is 16.2. The Morgan fingerprint density at radius 1 is 0.815 bits per heavy atom. The van der Waals surface area contributed by atoms with Crippen molar-refractivity contribution in [2.24, 2.45) is 0 Å². The van der Waals surface area contributed by atoms with Gasteiger partial charge in [0.15, 0.2) is 0 Å². The highest BCUT2D eigenvalue weighted by molar-refractivity contribution is 5.32. The van der Waals surface area contributed by atoms with E-state index in [2.05, 4.69) is 72.9 Å². The number of aliphatic hydroxyl groups is 1. The van der Waals surface area contributed by atoms with Crippen LogP contribution in [-0.2, 0) is 5.60 Å². The maximum Gasteiger partial charge on any atom is 0.0906 e. The predicted molar refractivity (Wildman–Crippen MR) is 113 cm³/mol. The fraction of sp³-hybridized carbons (Fsp3) is 0.280. The molecule has 0 amide bonds. The lowest BCUT2D eigenvalue weighted by atomic mass is 9.87. The van der Waals surface area contributed by atoms with Crippen molar-refractivity contribution in [1.82, 2.24) is 5.32 Å². The van der Waals surface area contributed by atoms with Gasteiger partial charge < -0.3 is 10.4 Å². The fourth-order valence-electron chi connectivity index (χ4n) is 3.53. The van der Waals surface area contributed by atoms with Crippen molar-refractivity contribution in [1.29, 1.82) is 0 Å². The van der Waals surface area contributed by atoms with Crippen LogP contribution >= 0.6 is 0 Å². The summed E-state index contributed by atoms with van der Waals surface area (Å²) < 4.78 is 0. The summed E-state index contributed by atoms with van der Waals surface area (Å²) in [5.74, 6) is 0. The van der Waals surface area contributed by atoms with E-state index < -0.39 is 5.60 Å². The number of hydrogen-bond acceptors (Lipinski definition) is 2. The highest BCUT2D eigenvalue weighted by atomic mass is 16.3. The van der Waals surface area contributed by atoms with Gasteiger partial charge in [0.05, 0.1) is 11.6 Å². The molecular weight excluding hydrogens is 330 g/mol. The van der Waals surface area contributed by atoms with Crippen molar-refractivity contribution in [3.8, 4) is 0 Å². The summed E-state index contributed by atoms with van der Waals surface area (Å²) in [5.41, 5.74) is 3.87. The topological polar surface area (TPSA) is 32.3 Å². The molecule has 0 spiro atoms. The molecule has 1 unspecified atom stereocenters. The monoisotopic (exact) mass is 359 g/mol. The van der Waals surface area contributed by atoms with Crippen LogP contribution in [0.1, 0.15) is 48.1 Å². The molecule has 0 aliphatic heterocycles. The molecule has 0 aromatic heterocycles. The van der Waals surface area contributed by atoms with Crippen LogP contribution in [0.25, 0.3) is 0 Å². The molecule has 3 aromatic carbocycles. The Morgan fingerprint density at radius 2 is 1.33 bits per heavy atom. The van der Waals surface area contributed by atoms with Gasteiger partial charge in [0.2, 0.25) is 0 Å². The summed E-state index contributed by atoms with van der Waals surface area (Å²) in [6.07, 6.45) is 1.36. The van der Waals surface area contributed by atoms with Crippen molar-refractivity contribution in [2.45, 2.75) is 38.3 Å². The van der Waals surface area contributed by atoms with Crippen molar-refractivity contribution >= 4 is 0 Å². The molecule has 0 fully saturated rings. The minimum absolute atomic E-state index is 0.117. The molecule has 0 saturated carbocycles. The summed E-state index contributed by atoms with van der Waals surface area (Å²) in [5, 5.41) is 14.9. The van der Waals surface area contributed by atoms with Gasteiger partial charge in [-0.15, -0.1) is 0 Å². The van der Waals surface area contributed by atoms with Crippen LogP contribution in [0.5, 0.6) is 0 Å². The van der Waals surface area contributed by atoms with Crippen molar-refractivity contribution < 1.29 is 5.11 Å². The lowest BCUT2D eigenvalue weighted by Gasteiger charge is -2.29. The molecule has 0 heterocycles. The Kier molecular flexibility index (Phi) is 6.44. The van der Waals surface area contributed by atoms with Gasteiger partial charge in [-0.2, -0.15) is 0 Å². The van der Waals surface area contributed by atoms with Crippen molar-refractivity contribution in [2.75, 3.05) is 6.54 Å². The van der Waals surface area contributed by atoms with Gasteiger partial charge in [-0.05, 0) is 43.0 Å². The summed E-state index contributed by atoms with van der Waals surface area (Å²) in [4.78, 5) is 0. The average molecular weight is 360 g/mol. The number of benzene rings is 3. The molecule has 0 aliphatic rings. The molecule has 0 aliphatic carbocycles. The van der Waals surface area contributed by atoms with E-state index in [1.807, 2.05) is 31.2 Å². The summed E-state index contributed by atoms with van der Waals surface area (Å²) in [7, 11) is 0. The predicted octanol–water partition coefficient (Wildman–Crippen LogP) is 5.36. The van der Waals surface area contributed by atoms with E-state index in [4.69, 9.17) is 0 Å². The second kappa shape index (κ2) is 8.98. The number of rotatable bonds is 8. The Labute approximate surface area is 162 Å². The third-order valence-electron chi connectivity index (χ3n) is 5.33. The number of hydrogen-bond donors (Lipinski definition) is 2. The van der Waals surface area contributed by atoms with Crippen LogP contribution in [0.3, 0.4) is 0 Å². The zero-order chi connectivity index (χ0) is 19.1. The van der Waals surface area contributed by atoms with E-state index in [9.17, 15) is 5.11 Å². The van der Waals surface area contributed by atoms with Gasteiger partial charge in [0.25, 0.3) is 0 Å². The van der Waals surface area contributed by atoms with Gasteiger partial charge in [-0.3, -0.25) is 0 Å². The van der Waals surface area contributed by atoms with Gasteiger partial charge in [-0.1, -0.05) is 97.4 Å². The first-order valence-corrected chi connectivity index (χ1v) is 9.75. The Hall–Kier alpha value is -2.42. The van der Waals surface area contributed by atoms with Crippen LogP contribution < -0.4 is 5.32 Å². The first-order valence-electron chi connectivity index (χ1n) is 9.75. The highest BCUT2D eigenvalue weighted by Crippen LogP contribution is 2.29. The van der Waals surface area contributed by atoms with Gasteiger partial charge in [0.1, 0.15) is 0 Å². The summed E-state index contributed by atoms with van der Waals surface area (Å²) >= 11 is 0. The van der Waals surface area contributed by atoms with Crippen LogP contribution in [-0.4, -0.2) is 11.7 Å². The summed E-state index contributed by atoms with van der Waals surface area (Å²) in [6, 6.07) is 29.3. The van der Waals surface area contributed by atoms with E-state index in [-0.39, 0.29) is 6.04 Å². The molecule has 0 bridgehead atoms. The summed E-state index contributed by atoms with van der Waals surface area (Å²) in [6.45, 7) is 4.85. The maximum absolute atomic E-state index is 11.2. The van der Waals surface area contributed by atoms with Crippen LogP contribution in [0.4, 0.5) is 0 Å². The molecule has 3 aromatic rings. The molecule has 140 valence electrons. The first kappa shape index (κ1) is 19.3. The molecule has 2 nitrogen and oxygen atoms in total. The van der Waals surface area contributed by atoms with Crippen LogP contribution in [0, 0.1) is 6.92 Å². The maximum atomic E-state index is 11.2. The quantitative estimate of drug-likeness (QED) is 0.567.